The maximum Gasteiger partial charge on any atom is 0.252 e. The minimum absolute atomic E-state index is 0.0333. The van der Waals surface area contributed by atoms with Crippen molar-refractivity contribution in [1.82, 2.24) is 15.2 Å². The number of likely N-dealkylation sites (tertiary alicyclic amines) is 1. The zero-order valence-corrected chi connectivity index (χ0v) is 12.7. The molecule has 0 bridgehead atoms. The van der Waals surface area contributed by atoms with Crippen LogP contribution in [0.2, 0.25) is 0 Å². The third-order valence-electron chi connectivity index (χ3n) is 4.15. The molecule has 2 heterocycles. The molecule has 0 aromatic carbocycles. The van der Waals surface area contributed by atoms with E-state index in [9.17, 15) is 4.79 Å². The summed E-state index contributed by atoms with van der Waals surface area (Å²) >= 11 is 0. The number of piperidine rings is 1. The fourth-order valence-corrected chi connectivity index (χ4v) is 2.84. The van der Waals surface area contributed by atoms with Crippen molar-refractivity contribution in [2.24, 2.45) is 0 Å². The van der Waals surface area contributed by atoms with Gasteiger partial charge >= 0.3 is 0 Å². The predicted octanol–water partition coefficient (Wildman–Crippen LogP) is 2.38. The van der Waals surface area contributed by atoms with Crippen LogP contribution in [0.1, 0.15) is 49.2 Å². The molecule has 4 heteroatoms. The molecule has 0 spiro atoms. The molecule has 0 aliphatic carbocycles. The summed E-state index contributed by atoms with van der Waals surface area (Å²) in [4.78, 5) is 18.7. The van der Waals surface area contributed by atoms with Gasteiger partial charge in [0.1, 0.15) is 0 Å². The second-order valence-corrected chi connectivity index (χ2v) is 5.83. The molecule has 110 valence electrons. The van der Waals surface area contributed by atoms with Crippen LogP contribution < -0.4 is 5.32 Å². The van der Waals surface area contributed by atoms with Crippen molar-refractivity contribution in [3.63, 3.8) is 0 Å². The fraction of sp³-hybridized carbons (Fsp3) is 0.625. The number of aryl methyl sites for hydroxylation is 1. The predicted molar refractivity (Wildman–Crippen MR) is 80.8 cm³/mol. The number of hydrogen-bond donors (Lipinski definition) is 1. The molecule has 2 atom stereocenters. The Morgan fingerprint density at radius 2 is 2.30 bits per heavy atom. The highest BCUT2D eigenvalue weighted by Gasteiger charge is 2.23. The van der Waals surface area contributed by atoms with Crippen molar-refractivity contribution >= 4 is 5.91 Å². The summed E-state index contributed by atoms with van der Waals surface area (Å²) in [7, 11) is 0. The van der Waals surface area contributed by atoms with Gasteiger partial charge in [-0.1, -0.05) is 6.42 Å². The summed E-state index contributed by atoms with van der Waals surface area (Å²) in [5, 5.41) is 3.02. The second-order valence-electron chi connectivity index (χ2n) is 5.83. The minimum atomic E-state index is -0.0333. The number of nitrogens with one attached hydrogen (secondary N) is 1. The number of hydrogen-bond acceptors (Lipinski definition) is 3. The topological polar surface area (TPSA) is 45.2 Å². The van der Waals surface area contributed by atoms with E-state index < -0.39 is 0 Å². The number of amides is 1. The van der Waals surface area contributed by atoms with Gasteiger partial charge in [-0.2, -0.15) is 0 Å². The molecule has 1 fully saturated rings. The largest absolute Gasteiger partial charge is 0.350 e. The molecular weight excluding hydrogens is 250 g/mol. The summed E-state index contributed by atoms with van der Waals surface area (Å²) in [5.41, 5.74) is 1.56. The number of nitrogens with zero attached hydrogens (tertiary/aromatic N) is 2. The molecule has 1 N–H and O–H groups in total. The highest BCUT2D eigenvalue weighted by atomic mass is 16.1. The van der Waals surface area contributed by atoms with Crippen LogP contribution in [0, 0.1) is 6.92 Å². The van der Waals surface area contributed by atoms with E-state index in [0.29, 0.717) is 24.2 Å². The Morgan fingerprint density at radius 3 is 2.95 bits per heavy atom. The molecular formula is C16H25N3O. The van der Waals surface area contributed by atoms with Crippen molar-refractivity contribution in [3.05, 3.63) is 29.6 Å². The van der Waals surface area contributed by atoms with Gasteiger partial charge in [-0.3, -0.25) is 14.7 Å². The Bertz CT molecular complexity index is 444. The molecule has 1 aliphatic heterocycles. The highest BCUT2D eigenvalue weighted by molar-refractivity contribution is 5.93. The summed E-state index contributed by atoms with van der Waals surface area (Å²) in [6.07, 6.45) is 5.50. The molecule has 1 aromatic rings. The third kappa shape index (κ3) is 3.79. The Balaban J connectivity index is 1.84. The first-order valence-electron chi connectivity index (χ1n) is 7.54. The first kappa shape index (κ1) is 15.0. The lowest BCUT2D eigenvalue weighted by molar-refractivity contribution is 0.0886. The summed E-state index contributed by atoms with van der Waals surface area (Å²) in [6, 6.07) is 4.70. The van der Waals surface area contributed by atoms with Gasteiger partial charge in [0.15, 0.2) is 0 Å². The van der Waals surface area contributed by atoms with Crippen molar-refractivity contribution in [2.45, 2.75) is 52.1 Å². The van der Waals surface area contributed by atoms with Crippen LogP contribution in [0.3, 0.4) is 0 Å². The van der Waals surface area contributed by atoms with E-state index in [1.807, 2.05) is 19.1 Å². The Kier molecular flexibility index (Phi) is 5.12. The summed E-state index contributed by atoms with van der Waals surface area (Å²) in [5.74, 6) is -0.0333. The van der Waals surface area contributed by atoms with Crippen molar-refractivity contribution in [1.29, 1.82) is 0 Å². The number of rotatable bonds is 4. The lowest BCUT2D eigenvalue weighted by Crippen LogP contribution is -2.48. The lowest BCUT2D eigenvalue weighted by Gasteiger charge is -2.38. The minimum Gasteiger partial charge on any atom is -0.350 e. The van der Waals surface area contributed by atoms with Crippen LogP contribution in [0.4, 0.5) is 0 Å². The first-order chi connectivity index (χ1) is 9.58. The standard InChI is InChI=1S/C16H25N3O/c1-12-7-8-15(11-17-12)16(20)18-10-14(3)19-9-5-4-6-13(19)2/h7-8,11,13-14H,4-6,9-10H2,1-3H3,(H,18,20)/t13-,14+/m0/s1. The lowest BCUT2D eigenvalue weighted by atomic mass is 10.0. The van der Waals surface area contributed by atoms with Gasteiger partial charge in [0, 0.05) is 30.5 Å². The van der Waals surface area contributed by atoms with Gasteiger partial charge in [0.05, 0.1) is 5.56 Å². The smallest absolute Gasteiger partial charge is 0.252 e. The van der Waals surface area contributed by atoms with E-state index in [1.165, 1.54) is 19.3 Å². The van der Waals surface area contributed by atoms with Crippen molar-refractivity contribution in [3.8, 4) is 0 Å². The van der Waals surface area contributed by atoms with Crippen molar-refractivity contribution < 1.29 is 4.79 Å². The molecule has 0 unspecified atom stereocenters. The third-order valence-corrected chi connectivity index (χ3v) is 4.15. The molecule has 1 saturated heterocycles. The highest BCUT2D eigenvalue weighted by Crippen LogP contribution is 2.18. The maximum absolute atomic E-state index is 12.1. The van der Waals surface area contributed by atoms with Crippen LogP contribution in [-0.2, 0) is 0 Å². The average Bonchev–Trinajstić information content (AvgIpc) is 2.45. The zero-order valence-electron chi connectivity index (χ0n) is 12.7. The quantitative estimate of drug-likeness (QED) is 0.917. The van der Waals surface area contributed by atoms with Crippen LogP contribution in [-0.4, -0.2) is 41.0 Å². The molecule has 1 aromatic heterocycles. The SMILES string of the molecule is Cc1ccc(C(=O)NC[C@@H](C)N2CCCC[C@@H]2C)cn1. The molecule has 0 radical (unpaired) electrons. The van der Waals surface area contributed by atoms with Gasteiger partial charge in [-0.15, -0.1) is 0 Å². The van der Waals surface area contributed by atoms with E-state index in [2.05, 4.69) is 29.0 Å². The van der Waals surface area contributed by atoms with Crippen LogP contribution in [0.5, 0.6) is 0 Å². The van der Waals surface area contributed by atoms with E-state index in [0.717, 1.165) is 12.2 Å². The van der Waals surface area contributed by atoms with Gasteiger partial charge in [-0.05, 0) is 52.3 Å². The number of carbonyl (C=O) groups excluding carboxylic acids is 1. The Labute approximate surface area is 121 Å². The van der Waals surface area contributed by atoms with Crippen LogP contribution >= 0.6 is 0 Å². The monoisotopic (exact) mass is 275 g/mol. The molecule has 2 rings (SSSR count). The molecule has 1 aliphatic rings. The average molecular weight is 275 g/mol. The van der Waals surface area contributed by atoms with E-state index in [-0.39, 0.29) is 5.91 Å². The van der Waals surface area contributed by atoms with Crippen molar-refractivity contribution in [2.75, 3.05) is 13.1 Å². The molecule has 20 heavy (non-hydrogen) atoms. The van der Waals surface area contributed by atoms with Gasteiger partial charge in [0.2, 0.25) is 0 Å². The van der Waals surface area contributed by atoms with Gasteiger partial charge < -0.3 is 5.32 Å². The van der Waals surface area contributed by atoms with Crippen LogP contribution in [0.15, 0.2) is 18.3 Å². The van der Waals surface area contributed by atoms with Gasteiger partial charge in [-0.25, -0.2) is 0 Å². The molecule has 4 nitrogen and oxygen atoms in total. The molecule has 1 amide bonds. The van der Waals surface area contributed by atoms with E-state index in [4.69, 9.17) is 0 Å². The number of aromatic nitrogens is 1. The van der Waals surface area contributed by atoms with E-state index in [1.54, 1.807) is 6.20 Å². The molecule has 0 saturated carbocycles. The number of pyridine rings is 1. The van der Waals surface area contributed by atoms with Gasteiger partial charge in [0.25, 0.3) is 5.91 Å². The second kappa shape index (κ2) is 6.84. The summed E-state index contributed by atoms with van der Waals surface area (Å²) in [6.45, 7) is 8.22. The zero-order chi connectivity index (χ0) is 14.5. The maximum atomic E-state index is 12.1. The first-order valence-corrected chi connectivity index (χ1v) is 7.54. The summed E-state index contributed by atoms with van der Waals surface area (Å²) < 4.78 is 0. The Hall–Kier alpha value is -1.42. The van der Waals surface area contributed by atoms with Crippen LogP contribution in [0.25, 0.3) is 0 Å². The van der Waals surface area contributed by atoms with E-state index >= 15 is 0 Å². The Morgan fingerprint density at radius 1 is 1.50 bits per heavy atom. The number of carbonyl (C=O) groups is 1. The normalized spacial score (nSPS) is 21.4. The fourth-order valence-electron chi connectivity index (χ4n) is 2.84.